The number of aromatic nitrogens is 1. The number of benzene rings is 2. The Kier molecular flexibility index (Phi) is 5.09. The number of nitrogens with one attached hydrogen (secondary N) is 3. The van der Waals surface area contributed by atoms with Crippen LogP contribution in [0.25, 0.3) is 10.9 Å². The molecule has 1 aromatic heterocycles. The summed E-state index contributed by atoms with van der Waals surface area (Å²) in [7, 11) is 0. The number of anilines is 1. The van der Waals surface area contributed by atoms with Gasteiger partial charge in [-0.3, -0.25) is 0 Å². The monoisotopic (exact) mass is 351 g/mol. The molecule has 0 bridgehead atoms. The van der Waals surface area contributed by atoms with Gasteiger partial charge in [0.15, 0.2) is 5.11 Å². The van der Waals surface area contributed by atoms with E-state index in [1.807, 2.05) is 0 Å². The molecule has 0 aliphatic carbocycles. The zero-order valence-electron chi connectivity index (χ0n) is 15.3. The molecule has 0 radical (unpaired) electrons. The molecular formula is C21H25N3S. The summed E-state index contributed by atoms with van der Waals surface area (Å²) in [4.78, 5) is 3.47. The van der Waals surface area contributed by atoms with Gasteiger partial charge >= 0.3 is 0 Å². The average Bonchev–Trinajstić information content (AvgIpc) is 2.82. The third kappa shape index (κ3) is 4.20. The van der Waals surface area contributed by atoms with Crippen LogP contribution in [0.15, 0.2) is 36.4 Å². The van der Waals surface area contributed by atoms with Crippen LogP contribution in [0, 0.1) is 27.7 Å². The Bertz CT molecular complexity index is 904. The molecular weight excluding hydrogens is 326 g/mol. The van der Waals surface area contributed by atoms with Crippen LogP contribution in [-0.4, -0.2) is 16.6 Å². The Morgan fingerprint density at radius 3 is 2.40 bits per heavy atom. The fourth-order valence-corrected chi connectivity index (χ4v) is 3.56. The predicted octanol–water partition coefficient (Wildman–Crippen LogP) is 4.93. The number of aromatic amines is 1. The van der Waals surface area contributed by atoms with Crippen LogP contribution < -0.4 is 10.6 Å². The molecule has 3 N–H and O–H groups in total. The van der Waals surface area contributed by atoms with E-state index >= 15 is 0 Å². The second kappa shape index (κ2) is 7.28. The van der Waals surface area contributed by atoms with Crippen LogP contribution in [0.2, 0.25) is 0 Å². The molecule has 2 aromatic carbocycles. The van der Waals surface area contributed by atoms with Crippen molar-refractivity contribution in [2.24, 2.45) is 0 Å². The maximum atomic E-state index is 5.44. The topological polar surface area (TPSA) is 39.8 Å². The van der Waals surface area contributed by atoms with Gasteiger partial charge < -0.3 is 15.6 Å². The first-order valence-corrected chi connectivity index (χ1v) is 9.04. The summed E-state index contributed by atoms with van der Waals surface area (Å²) in [6, 6.07) is 12.9. The molecule has 0 unspecified atom stereocenters. The lowest BCUT2D eigenvalue weighted by molar-refractivity contribution is 0.871. The van der Waals surface area contributed by atoms with Gasteiger partial charge in [0.05, 0.1) is 0 Å². The van der Waals surface area contributed by atoms with Crippen LogP contribution >= 0.6 is 12.2 Å². The summed E-state index contributed by atoms with van der Waals surface area (Å²) in [5, 5.41) is 8.58. The number of hydrogen-bond acceptors (Lipinski definition) is 1. The summed E-state index contributed by atoms with van der Waals surface area (Å²) < 4.78 is 0. The van der Waals surface area contributed by atoms with Gasteiger partial charge in [-0.05, 0) is 87.3 Å². The molecule has 0 spiro atoms. The molecule has 130 valence electrons. The fraction of sp³-hybridized carbons (Fsp3) is 0.286. The number of hydrogen-bond donors (Lipinski definition) is 3. The van der Waals surface area contributed by atoms with E-state index in [1.54, 1.807) is 0 Å². The van der Waals surface area contributed by atoms with Crippen LogP contribution in [0.5, 0.6) is 0 Å². The molecule has 25 heavy (non-hydrogen) atoms. The van der Waals surface area contributed by atoms with Gasteiger partial charge in [0, 0.05) is 28.8 Å². The van der Waals surface area contributed by atoms with Crippen LogP contribution in [0.1, 0.15) is 27.9 Å². The second-order valence-corrected chi connectivity index (χ2v) is 7.19. The maximum Gasteiger partial charge on any atom is 0.170 e. The zero-order chi connectivity index (χ0) is 18.0. The molecule has 4 heteroatoms. The molecule has 0 aliphatic heterocycles. The number of H-pyrrole nitrogens is 1. The van der Waals surface area contributed by atoms with Gasteiger partial charge in [0.1, 0.15) is 0 Å². The molecule has 0 amide bonds. The molecule has 0 saturated carbocycles. The number of aryl methyl sites for hydroxylation is 4. The Morgan fingerprint density at radius 2 is 1.68 bits per heavy atom. The third-order valence-electron chi connectivity index (χ3n) is 4.42. The normalized spacial score (nSPS) is 10.9. The predicted molar refractivity (Wildman–Crippen MR) is 112 cm³/mol. The minimum absolute atomic E-state index is 0.665. The van der Waals surface area contributed by atoms with E-state index in [0.717, 1.165) is 18.7 Å². The van der Waals surface area contributed by atoms with Crippen molar-refractivity contribution in [1.29, 1.82) is 0 Å². The Labute approximate surface area is 154 Å². The first-order chi connectivity index (χ1) is 11.9. The van der Waals surface area contributed by atoms with Gasteiger partial charge in [0.25, 0.3) is 0 Å². The highest BCUT2D eigenvalue weighted by atomic mass is 32.1. The summed E-state index contributed by atoms with van der Waals surface area (Å²) in [6.07, 6.45) is 0.934. The van der Waals surface area contributed by atoms with E-state index < -0.39 is 0 Å². The average molecular weight is 352 g/mol. The van der Waals surface area contributed by atoms with Crippen molar-refractivity contribution in [1.82, 2.24) is 10.3 Å². The zero-order valence-corrected chi connectivity index (χ0v) is 16.1. The van der Waals surface area contributed by atoms with Crippen molar-refractivity contribution in [2.45, 2.75) is 34.1 Å². The molecule has 1 heterocycles. The summed E-state index contributed by atoms with van der Waals surface area (Å²) in [6.45, 7) is 9.26. The Hall–Kier alpha value is -2.33. The van der Waals surface area contributed by atoms with Crippen LogP contribution in [-0.2, 0) is 6.42 Å². The Balaban J connectivity index is 1.62. The minimum atomic E-state index is 0.665. The molecule has 0 saturated heterocycles. The largest absolute Gasteiger partial charge is 0.362 e. The smallest absolute Gasteiger partial charge is 0.170 e. The van der Waals surface area contributed by atoms with E-state index in [0.29, 0.717) is 5.11 Å². The summed E-state index contributed by atoms with van der Waals surface area (Å²) in [5.74, 6) is 0. The van der Waals surface area contributed by atoms with Crippen molar-refractivity contribution in [2.75, 3.05) is 11.9 Å². The molecule has 0 atom stereocenters. The van der Waals surface area contributed by atoms with E-state index in [2.05, 4.69) is 79.7 Å². The van der Waals surface area contributed by atoms with Crippen LogP contribution in [0.4, 0.5) is 5.69 Å². The van der Waals surface area contributed by atoms with Crippen molar-refractivity contribution < 1.29 is 0 Å². The van der Waals surface area contributed by atoms with Crippen molar-refractivity contribution >= 4 is 33.9 Å². The number of thiocarbonyl (C=S) groups is 1. The van der Waals surface area contributed by atoms with Crippen molar-refractivity contribution in [3.8, 4) is 0 Å². The minimum Gasteiger partial charge on any atom is -0.362 e. The van der Waals surface area contributed by atoms with Crippen LogP contribution in [0.3, 0.4) is 0 Å². The van der Waals surface area contributed by atoms with Gasteiger partial charge in [-0.15, -0.1) is 0 Å². The third-order valence-corrected chi connectivity index (χ3v) is 4.66. The first-order valence-electron chi connectivity index (χ1n) is 8.63. The standard InChI is InChI=1S/C21H25N3S/c1-13-5-6-20-19(12-13)18(16(4)23-20)7-8-22-21(25)24-17-10-14(2)9-15(3)11-17/h5-6,9-12,23H,7-8H2,1-4H3,(H2,22,24,25). The summed E-state index contributed by atoms with van der Waals surface area (Å²) >= 11 is 5.44. The van der Waals surface area contributed by atoms with Gasteiger partial charge in [-0.1, -0.05) is 17.7 Å². The lowest BCUT2D eigenvalue weighted by atomic mass is 10.1. The first kappa shape index (κ1) is 17.5. The second-order valence-electron chi connectivity index (χ2n) is 6.78. The maximum absolute atomic E-state index is 5.44. The molecule has 3 aromatic rings. The highest BCUT2D eigenvalue weighted by Gasteiger charge is 2.08. The molecule has 3 rings (SSSR count). The van der Waals surface area contributed by atoms with E-state index in [9.17, 15) is 0 Å². The SMILES string of the molecule is Cc1cc(C)cc(NC(=S)NCCc2c(C)[nH]c3ccc(C)cc23)c1. The molecule has 3 nitrogen and oxygen atoms in total. The quantitative estimate of drug-likeness (QED) is 0.584. The lowest BCUT2D eigenvalue weighted by Crippen LogP contribution is -2.30. The molecule has 0 aliphatic rings. The number of fused-ring (bicyclic) bond motifs is 1. The fourth-order valence-electron chi connectivity index (χ4n) is 3.34. The van der Waals surface area contributed by atoms with Gasteiger partial charge in [-0.2, -0.15) is 0 Å². The van der Waals surface area contributed by atoms with Gasteiger partial charge in [0.2, 0.25) is 0 Å². The summed E-state index contributed by atoms with van der Waals surface area (Å²) in [5.41, 5.74) is 8.58. The lowest BCUT2D eigenvalue weighted by Gasteiger charge is -2.12. The van der Waals surface area contributed by atoms with Crippen molar-refractivity contribution in [3.63, 3.8) is 0 Å². The van der Waals surface area contributed by atoms with Gasteiger partial charge in [-0.25, -0.2) is 0 Å². The van der Waals surface area contributed by atoms with E-state index in [4.69, 9.17) is 12.2 Å². The highest BCUT2D eigenvalue weighted by Crippen LogP contribution is 2.23. The molecule has 0 fully saturated rings. The highest BCUT2D eigenvalue weighted by molar-refractivity contribution is 7.80. The van der Waals surface area contributed by atoms with Crippen molar-refractivity contribution in [3.05, 3.63) is 64.3 Å². The number of rotatable bonds is 4. The van der Waals surface area contributed by atoms with E-state index in [1.165, 1.54) is 38.9 Å². The Morgan fingerprint density at radius 1 is 0.960 bits per heavy atom. The van der Waals surface area contributed by atoms with E-state index in [-0.39, 0.29) is 0 Å².